The van der Waals surface area contributed by atoms with Gasteiger partial charge in [0, 0.05) is 12.5 Å². The number of nitro benzene ring substituents is 1. The van der Waals surface area contributed by atoms with Crippen LogP contribution in [0.25, 0.3) is 0 Å². The van der Waals surface area contributed by atoms with Crippen molar-refractivity contribution in [3.05, 3.63) is 28.3 Å². The third-order valence-electron chi connectivity index (χ3n) is 2.08. The summed E-state index contributed by atoms with van der Waals surface area (Å²) in [5.74, 6) is 3.32. The second-order valence-corrected chi connectivity index (χ2v) is 3.25. The lowest BCUT2D eigenvalue weighted by Crippen LogP contribution is -2.00. The molecule has 0 atom stereocenters. The van der Waals surface area contributed by atoms with Crippen LogP contribution in [-0.4, -0.2) is 18.6 Å². The topological polar surface area (TPSA) is 61.6 Å². The van der Waals surface area contributed by atoms with Crippen LogP contribution in [0.15, 0.2) is 18.2 Å². The van der Waals surface area contributed by atoms with E-state index in [0.29, 0.717) is 30.9 Å². The second-order valence-electron chi connectivity index (χ2n) is 3.25. The largest absolute Gasteiger partial charge is 0.493 e. The number of benzene rings is 1. The fraction of sp³-hybridized carbons (Fsp3) is 0.333. The fourth-order valence-electron chi connectivity index (χ4n) is 1.25. The average molecular weight is 235 g/mol. The van der Waals surface area contributed by atoms with Gasteiger partial charge < -0.3 is 9.47 Å². The summed E-state index contributed by atoms with van der Waals surface area (Å²) in [6, 6.07) is 4.22. The van der Waals surface area contributed by atoms with E-state index in [9.17, 15) is 10.1 Å². The molecule has 90 valence electrons. The summed E-state index contributed by atoms with van der Waals surface area (Å²) < 4.78 is 10.4. The SMILES string of the molecule is C#CCCCOc1cc([N+](=O)[O-])ccc1OC. The molecule has 0 fully saturated rings. The Morgan fingerprint density at radius 3 is 2.82 bits per heavy atom. The number of unbranched alkanes of at least 4 members (excludes halogenated alkanes) is 1. The molecule has 17 heavy (non-hydrogen) atoms. The Bertz CT molecular complexity index is 437. The zero-order chi connectivity index (χ0) is 12.7. The first-order valence-electron chi connectivity index (χ1n) is 5.07. The summed E-state index contributed by atoms with van der Waals surface area (Å²) in [7, 11) is 1.48. The van der Waals surface area contributed by atoms with E-state index < -0.39 is 4.92 Å². The van der Waals surface area contributed by atoms with Crippen molar-refractivity contribution in [2.24, 2.45) is 0 Å². The zero-order valence-electron chi connectivity index (χ0n) is 9.51. The minimum absolute atomic E-state index is 0.0299. The van der Waals surface area contributed by atoms with Gasteiger partial charge in [-0.1, -0.05) is 0 Å². The summed E-state index contributed by atoms with van der Waals surface area (Å²) >= 11 is 0. The van der Waals surface area contributed by atoms with E-state index in [1.54, 1.807) is 0 Å². The van der Waals surface area contributed by atoms with Gasteiger partial charge in [-0.2, -0.15) is 0 Å². The van der Waals surface area contributed by atoms with Crippen molar-refractivity contribution in [3.63, 3.8) is 0 Å². The molecule has 0 unspecified atom stereocenters. The van der Waals surface area contributed by atoms with E-state index in [0.717, 1.165) is 0 Å². The van der Waals surface area contributed by atoms with Crippen LogP contribution in [0.1, 0.15) is 12.8 Å². The van der Waals surface area contributed by atoms with E-state index in [1.807, 2.05) is 0 Å². The maximum atomic E-state index is 10.6. The van der Waals surface area contributed by atoms with Crippen molar-refractivity contribution >= 4 is 5.69 Å². The Labute approximate surface area is 99.5 Å². The molecule has 0 saturated heterocycles. The minimum atomic E-state index is -0.478. The van der Waals surface area contributed by atoms with E-state index in [1.165, 1.54) is 25.3 Å². The minimum Gasteiger partial charge on any atom is -0.493 e. The lowest BCUT2D eigenvalue weighted by atomic mass is 10.3. The Hall–Kier alpha value is -2.22. The zero-order valence-corrected chi connectivity index (χ0v) is 9.51. The predicted octanol–water partition coefficient (Wildman–Crippen LogP) is 2.40. The van der Waals surface area contributed by atoms with Gasteiger partial charge in [0.2, 0.25) is 0 Å². The maximum Gasteiger partial charge on any atom is 0.273 e. The Balaban J connectivity index is 2.76. The molecule has 5 heteroatoms. The molecule has 0 amide bonds. The Morgan fingerprint density at radius 1 is 1.47 bits per heavy atom. The summed E-state index contributed by atoms with van der Waals surface area (Å²) in [6.07, 6.45) is 6.41. The molecule has 1 aromatic rings. The summed E-state index contributed by atoms with van der Waals surface area (Å²) in [4.78, 5) is 10.1. The van der Waals surface area contributed by atoms with Gasteiger partial charge in [-0.05, 0) is 12.5 Å². The first-order valence-corrected chi connectivity index (χ1v) is 5.07. The van der Waals surface area contributed by atoms with Gasteiger partial charge in [0.1, 0.15) is 0 Å². The van der Waals surface area contributed by atoms with E-state index in [2.05, 4.69) is 5.92 Å². The number of methoxy groups -OCH3 is 1. The van der Waals surface area contributed by atoms with Gasteiger partial charge in [-0.15, -0.1) is 12.3 Å². The van der Waals surface area contributed by atoms with Crippen LogP contribution in [0, 0.1) is 22.5 Å². The molecule has 0 bridgehead atoms. The van der Waals surface area contributed by atoms with E-state index in [-0.39, 0.29) is 5.69 Å². The monoisotopic (exact) mass is 235 g/mol. The number of non-ortho nitro benzene ring substituents is 1. The average Bonchev–Trinajstić information content (AvgIpc) is 2.34. The quantitative estimate of drug-likeness (QED) is 0.329. The molecular formula is C12H13NO4. The van der Waals surface area contributed by atoms with Crippen LogP contribution >= 0.6 is 0 Å². The van der Waals surface area contributed by atoms with Crippen molar-refractivity contribution in [2.45, 2.75) is 12.8 Å². The first kappa shape index (κ1) is 12.8. The standard InChI is InChI=1S/C12H13NO4/c1-3-4-5-8-17-12-9-10(13(14)15)6-7-11(12)16-2/h1,6-7,9H,4-5,8H2,2H3. The van der Waals surface area contributed by atoms with Crippen molar-refractivity contribution in [2.75, 3.05) is 13.7 Å². The molecule has 5 nitrogen and oxygen atoms in total. The van der Waals surface area contributed by atoms with Gasteiger partial charge in [0.05, 0.1) is 24.7 Å². The van der Waals surface area contributed by atoms with Crippen LogP contribution in [0.4, 0.5) is 5.69 Å². The summed E-state index contributed by atoms with van der Waals surface area (Å²) in [5, 5.41) is 10.6. The lowest BCUT2D eigenvalue weighted by Gasteiger charge is -2.09. The van der Waals surface area contributed by atoms with Crippen LogP contribution in [0.3, 0.4) is 0 Å². The van der Waals surface area contributed by atoms with Crippen molar-refractivity contribution in [3.8, 4) is 23.8 Å². The van der Waals surface area contributed by atoms with Crippen LogP contribution in [-0.2, 0) is 0 Å². The van der Waals surface area contributed by atoms with E-state index >= 15 is 0 Å². The summed E-state index contributed by atoms with van der Waals surface area (Å²) in [5.41, 5.74) is -0.0299. The molecule has 0 heterocycles. The molecule has 0 saturated carbocycles. The molecule has 0 aliphatic rings. The predicted molar refractivity (Wildman–Crippen MR) is 63.2 cm³/mol. The molecule has 1 rings (SSSR count). The number of nitrogens with zero attached hydrogens (tertiary/aromatic N) is 1. The Morgan fingerprint density at radius 2 is 2.24 bits per heavy atom. The highest BCUT2D eigenvalue weighted by molar-refractivity contribution is 5.48. The maximum absolute atomic E-state index is 10.6. The molecule has 0 aliphatic heterocycles. The van der Waals surface area contributed by atoms with Gasteiger partial charge in [-0.3, -0.25) is 10.1 Å². The molecule has 0 aromatic heterocycles. The molecule has 0 N–H and O–H groups in total. The van der Waals surface area contributed by atoms with Gasteiger partial charge in [0.15, 0.2) is 11.5 Å². The summed E-state index contributed by atoms with van der Waals surface area (Å²) in [6.45, 7) is 0.404. The normalized spacial score (nSPS) is 9.41. The van der Waals surface area contributed by atoms with Crippen LogP contribution in [0.2, 0.25) is 0 Å². The molecule has 1 aromatic carbocycles. The third kappa shape index (κ3) is 3.68. The Kier molecular flexibility index (Phi) is 4.82. The van der Waals surface area contributed by atoms with Crippen molar-refractivity contribution < 1.29 is 14.4 Å². The third-order valence-corrected chi connectivity index (χ3v) is 2.08. The fourth-order valence-corrected chi connectivity index (χ4v) is 1.25. The number of ether oxygens (including phenoxy) is 2. The van der Waals surface area contributed by atoms with Gasteiger partial charge in [0.25, 0.3) is 5.69 Å². The molecule has 0 spiro atoms. The number of rotatable bonds is 6. The highest BCUT2D eigenvalue weighted by Crippen LogP contribution is 2.31. The highest BCUT2D eigenvalue weighted by Gasteiger charge is 2.12. The first-order chi connectivity index (χ1) is 8.19. The van der Waals surface area contributed by atoms with E-state index in [4.69, 9.17) is 15.9 Å². The van der Waals surface area contributed by atoms with Crippen molar-refractivity contribution in [1.29, 1.82) is 0 Å². The number of terminal acetylenes is 1. The van der Waals surface area contributed by atoms with Gasteiger partial charge >= 0.3 is 0 Å². The second kappa shape index (κ2) is 6.38. The van der Waals surface area contributed by atoms with Crippen LogP contribution < -0.4 is 9.47 Å². The molecular weight excluding hydrogens is 222 g/mol. The highest BCUT2D eigenvalue weighted by atomic mass is 16.6. The van der Waals surface area contributed by atoms with Crippen LogP contribution in [0.5, 0.6) is 11.5 Å². The lowest BCUT2D eigenvalue weighted by molar-refractivity contribution is -0.385. The number of hydrogen-bond acceptors (Lipinski definition) is 4. The number of hydrogen-bond donors (Lipinski definition) is 0. The van der Waals surface area contributed by atoms with Crippen molar-refractivity contribution in [1.82, 2.24) is 0 Å². The number of nitro groups is 1. The smallest absolute Gasteiger partial charge is 0.273 e. The molecule has 0 radical (unpaired) electrons. The molecule has 0 aliphatic carbocycles. The van der Waals surface area contributed by atoms with Gasteiger partial charge in [-0.25, -0.2) is 0 Å².